The van der Waals surface area contributed by atoms with E-state index in [0.29, 0.717) is 24.2 Å². The Labute approximate surface area is 142 Å². The minimum atomic E-state index is -0.502. The third-order valence-electron chi connectivity index (χ3n) is 4.35. The molecule has 7 heteroatoms. The number of nitrogens with zero attached hydrogens (tertiary/aromatic N) is 1. The van der Waals surface area contributed by atoms with Gasteiger partial charge in [0.15, 0.2) is 0 Å². The quantitative estimate of drug-likeness (QED) is 0.870. The zero-order valence-corrected chi connectivity index (χ0v) is 14.1. The minimum absolute atomic E-state index is 0.00618. The normalized spacial score (nSPS) is 22.4. The standard InChI is InChI=1S/C16H18BrFN2O3/c17-11-1-2-14(13(18)8-11)19-16(22)10-7-15(21)20(9-10)12-3-5-23-6-4-12/h1-2,8,10,12H,3-7,9H2,(H,19,22). The highest BCUT2D eigenvalue weighted by Crippen LogP contribution is 2.27. The number of carbonyl (C=O) groups excluding carboxylic acids is 2. The molecule has 0 bridgehead atoms. The number of rotatable bonds is 3. The number of ether oxygens (including phenoxy) is 1. The summed E-state index contributed by atoms with van der Waals surface area (Å²) in [5.41, 5.74) is 0.134. The van der Waals surface area contributed by atoms with Crippen LogP contribution in [0.1, 0.15) is 19.3 Å². The first kappa shape index (κ1) is 16.4. The lowest BCUT2D eigenvalue weighted by atomic mass is 10.1. The molecule has 2 heterocycles. The van der Waals surface area contributed by atoms with Crippen LogP contribution in [-0.4, -0.2) is 42.5 Å². The molecule has 0 radical (unpaired) electrons. The van der Waals surface area contributed by atoms with Crippen molar-refractivity contribution in [3.8, 4) is 0 Å². The van der Waals surface area contributed by atoms with E-state index in [2.05, 4.69) is 21.2 Å². The molecule has 124 valence electrons. The summed E-state index contributed by atoms with van der Waals surface area (Å²) in [6, 6.07) is 4.61. The molecule has 0 spiro atoms. The largest absolute Gasteiger partial charge is 0.381 e. The fourth-order valence-corrected chi connectivity index (χ4v) is 3.42. The summed E-state index contributed by atoms with van der Waals surface area (Å²) in [5.74, 6) is -1.26. The average molecular weight is 385 g/mol. The van der Waals surface area contributed by atoms with Crippen molar-refractivity contribution in [2.75, 3.05) is 25.1 Å². The first-order valence-corrected chi connectivity index (χ1v) is 8.47. The van der Waals surface area contributed by atoms with Gasteiger partial charge in [0, 0.05) is 36.7 Å². The number of benzene rings is 1. The van der Waals surface area contributed by atoms with Crippen LogP contribution in [0.15, 0.2) is 22.7 Å². The number of halogens is 2. The summed E-state index contributed by atoms with van der Waals surface area (Å²) >= 11 is 3.17. The SMILES string of the molecule is O=C(Nc1ccc(Br)cc1F)C1CC(=O)N(C2CCOCC2)C1. The molecule has 2 fully saturated rings. The van der Waals surface area contributed by atoms with Gasteiger partial charge in [-0.05, 0) is 31.0 Å². The van der Waals surface area contributed by atoms with E-state index in [-0.39, 0.29) is 30.0 Å². The van der Waals surface area contributed by atoms with E-state index in [0.717, 1.165) is 12.8 Å². The third-order valence-corrected chi connectivity index (χ3v) is 4.84. The van der Waals surface area contributed by atoms with Gasteiger partial charge in [-0.25, -0.2) is 4.39 Å². The maximum absolute atomic E-state index is 13.8. The number of anilines is 1. The zero-order chi connectivity index (χ0) is 16.4. The summed E-state index contributed by atoms with van der Waals surface area (Å²) in [6.07, 6.45) is 1.80. The maximum Gasteiger partial charge on any atom is 0.229 e. The van der Waals surface area contributed by atoms with Crippen LogP contribution in [0.3, 0.4) is 0 Å². The Morgan fingerprint density at radius 2 is 2.09 bits per heavy atom. The van der Waals surface area contributed by atoms with E-state index in [1.807, 2.05) is 0 Å². The molecule has 1 atom stereocenters. The van der Waals surface area contributed by atoms with Gasteiger partial charge in [-0.2, -0.15) is 0 Å². The Hall–Kier alpha value is -1.47. The second kappa shape index (κ2) is 6.97. The van der Waals surface area contributed by atoms with Crippen molar-refractivity contribution in [3.05, 3.63) is 28.5 Å². The topological polar surface area (TPSA) is 58.6 Å². The predicted octanol–water partition coefficient (Wildman–Crippen LogP) is 2.55. The molecule has 2 saturated heterocycles. The van der Waals surface area contributed by atoms with Crippen molar-refractivity contribution in [1.82, 2.24) is 4.90 Å². The molecule has 2 aliphatic heterocycles. The van der Waals surface area contributed by atoms with E-state index >= 15 is 0 Å². The van der Waals surface area contributed by atoms with Crippen LogP contribution in [0.5, 0.6) is 0 Å². The molecule has 2 amide bonds. The summed E-state index contributed by atoms with van der Waals surface area (Å²) in [7, 11) is 0. The van der Waals surface area contributed by atoms with Crippen molar-refractivity contribution >= 4 is 33.4 Å². The number of hydrogen-bond donors (Lipinski definition) is 1. The molecule has 1 N–H and O–H groups in total. The number of likely N-dealkylation sites (tertiary alicyclic amines) is 1. The molecule has 1 unspecified atom stereocenters. The Balaban J connectivity index is 1.63. The molecule has 2 aliphatic rings. The van der Waals surface area contributed by atoms with Crippen molar-refractivity contribution in [2.24, 2.45) is 5.92 Å². The van der Waals surface area contributed by atoms with Gasteiger partial charge < -0.3 is 15.0 Å². The van der Waals surface area contributed by atoms with Gasteiger partial charge in [-0.15, -0.1) is 0 Å². The first-order valence-electron chi connectivity index (χ1n) is 7.67. The molecule has 1 aromatic rings. The number of nitrogens with one attached hydrogen (secondary N) is 1. The molecule has 0 aliphatic carbocycles. The van der Waals surface area contributed by atoms with Crippen LogP contribution in [0.2, 0.25) is 0 Å². The predicted molar refractivity (Wildman–Crippen MR) is 86.4 cm³/mol. The molecule has 23 heavy (non-hydrogen) atoms. The van der Waals surface area contributed by atoms with Crippen molar-refractivity contribution < 1.29 is 18.7 Å². The van der Waals surface area contributed by atoms with Crippen molar-refractivity contribution in [3.63, 3.8) is 0 Å². The molecule has 3 rings (SSSR count). The highest BCUT2D eigenvalue weighted by Gasteiger charge is 2.38. The van der Waals surface area contributed by atoms with Gasteiger partial charge in [0.25, 0.3) is 0 Å². The number of carbonyl (C=O) groups is 2. The summed E-state index contributed by atoms with van der Waals surface area (Å²) in [5, 5.41) is 2.59. The van der Waals surface area contributed by atoms with Crippen LogP contribution in [0, 0.1) is 11.7 Å². The van der Waals surface area contributed by atoms with Crippen LogP contribution in [0.25, 0.3) is 0 Å². The number of hydrogen-bond acceptors (Lipinski definition) is 3. The van der Waals surface area contributed by atoms with E-state index in [1.54, 1.807) is 11.0 Å². The molecule has 5 nitrogen and oxygen atoms in total. The van der Waals surface area contributed by atoms with Crippen LogP contribution in [-0.2, 0) is 14.3 Å². The second-order valence-electron chi connectivity index (χ2n) is 5.90. The fraction of sp³-hybridized carbons (Fsp3) is 0.500. The fourth-order valence-electron chi connectivity index (χ4n) is 3.08. The maximum atomic E-state index is 13.8. The third kappa shape index (κ3) is 3.72. The molecular formula is C16H18BrFN2O3. The summed E-state index contributed by atoms with van der Waals surface area (Å²) < 4.78 is 19.7. The monoisotopic (exact) mass is 384 g/mol. The van der Waals surface area contributed by atoms with Gasteiger partial charge in [0.1, 0.15) is 5.82 Å². The van der Waals surface area contributed by atoms with Crippen LogP contribution in [0.4, 0.5) is 10.1 Å². The van der Waals surface area contributed by atoms with Crippen molar-refractivity contribution in [2.45, 2.75) is 25.3 Å². The molecule has 0 saturated carbocycles. The van der Waals surface area contributed by atoms with Gasteiger partial charge in [-0.3, -0.25) is 9.59 Å². The smallest absolute Gasteiger partial charge is 0.229 e. The lowest BCUT2D eigenvalue weighted by Gasteiger charge is -2.31. The Bertz CT molecular complexity index is 619. The Kier molecular flexibility index (Phi) is 4.96. The van der Waals surface area contributed by atoms with Gasteiger partial charge >= 0.3 is 0 Å². The van der Waals surface area contributed by atoms with Crippen molar-refractivity contribution in [1.29, 1.82) is 0 Å². The summed E-state index contributed by atoms with van der Waals surface area (Å²) in [6.45, 7) is 1.69. The molecular weight excluding hydrogens is 367 g/mol. The van der Waals surface area contributed by atoms with Gasteiger partial charge in [0.05, 0.1) is 11.6 Å². The highest BCUT2D eigenvalue weighted by atomic mass is 79.9. The average Bonchev–Trinajstić information content (AvgIpc) is 2.93. The first-order chi connectivity index (χ1) is 11.0. The lowest BCUT2D eigenvalue weighted by molar-refractivity contribution is -0.131. The summed E-state index contributed by atoms with van der Waals surface area (Å²) in [4.78, 5) is 26.3. The Morgan fingerprint density at radius 1 is 1.35 bits per heavy atom. The lowest BCUT2D eigenvalue weighted by Crippen LogP contribution is -2.41. The number of amides is 2. The Morgan fingerprint density at radius 3 is 2.78 bits per heavy atom. The molecule has 1 aromatic carbocycles. The van der Waals surface area contributed by atoms with Crippen LogP contribution >= 0.6 is 15.9 Å². The van der Waals surface area contributed by atoms with E-state index in [4.69, 9.17) is 4.74 Å². The van der Waals surface area contributed by atoms with E-state index in [1.165, 1.54) is 12.1 Å². The molecule has 0 aromatic heterocycles. The second-order valence-corrected chi connectivity index (χ2v) is 6.82. The van der Waals surface area contributed by atoms with E-state index in [9.17, 15) is 14.0 Å². The van der Waals surface area contributed by atoms with Gasteiger partial charge in [-0.1, -0.05) is 15.9 Å². The zero-order valence-electron chi connectivity index (χ0n) is 12.6. The highest BCUT2D eigenvalue weighted by molar-refractivity contribution is 9.10. The van der Waals surface area contributed by atoms with Gasteiger partial charge in [0.2, 0.25) is 11.8 Å². The van der Waals surface area contributed by atoms with E-state index < -0.39 is 11.7 Å². The minimum Gasteiger partial charge on any atom is -0.381 e. The van der Waals surface area contributed by atoms with Crippen LogP contribution < -0.4 is 5.32 Å².